The molecule has 0 spiro atoms. The monoisotopic (exact) mass is 328 g/mol. The van der Waals surface area contributed by atoms with Gasteiger partial charge in [-0.15, -0.1) is 11.8 Å². The smallest absolute Gasteiger partial charge is 0.225 e. The number of hydrogen-bond acceptors (Lipinski definition) is 3. The fourth-order valence-corrected chi connectivity index (χ4v) is 3.96. The van der Waals surface area contributed by atoms with Crippen LogP contribution in [0.25, 0.3) is 0 Å². The number of thioether (sulfide) groups is 1. The summed E-state index contributed by atoms with van der Waals surface area (Å²) in [6, 6.07) is 10.4. The van der Waals surface area contributed by atoms with Crippen molar-refractivity contribution in [3.63, 3.8) is 0 Å². The van der Waals surface area contributed by atoms with Gasteiger partial charge in [0.15, 0.2) is 0 Å². The molecule has 23 heavy (non-hydrogen) atoms. The highest BCUT2D eigenvalue weighted by Gasteiger charge is 2.30. The first-order chi connectivity index (χ1) is 11.2. The van der Waals surface area contributed by atoms with Gasteiger partial charge in [0.05, 0.1) is 16.7 Å². The summed E-state index contributed by atoms with van der Waals surface area (Å²) in [7, 11) is 0. The molecule has 0 saturated carbocycles. The Morgan fingerprint density at radius 2 is 2.09 bits per heavy atom. The number of allylic oxidation sites excluding steroid dienone is 1. The molecular formula is C19H24N2OS. The van der Waals surface area contributed by atoms with Gasteiger partial charge in [0, 0.05) is 12.3 Å². The fourth-order valence-electron chi connectivity index (χ4n) is 2.88. The molecule has 1 N–H and O–H groups in total. The number of unbranched alkanes of at least 4 members (excludes halogenated alkanes) is 3. The summed E-state index contributed by atoms with van der Waals surface area (Å²) in [6.07, 6.45) is 5.12. The number of benzene rings is 1. The Kier molecular flexibility index (Phi) is 6.73. The number of amides is 1. The minimum atomic E-state index is -0.118. The van der Waals surface area contributed by atoms with E-state index < -0.39 is 0 Å². The number of carbonyl (C=O) groups is 1. The van der Waals surface area contributed by atoms with Crippen LogP contribution in [0, 0.1) is 18.3 Å². The van der Waals surface area contributed by atoms with Crippen LogP contribution in [0.3, 0.4) is 0 Å². The van der Waals surface area contributed by atoms with Gasteiger partial charge in [0.1, 0.15) is 0 Å². The van der Waals surface area contributed by atoms with Gasteiger partial charge in [-0.1, -0.05) is 50.5 Å². The van der Waals surface area contributed by atoms with Crippen molar-refractivity contribution < 1.29 is 4.79 Å². The van der Waals surface area contributed by atoms with Crippen LogP contribution in [0.4, 0.5) is 0 Å². The molecule has 0 fully saturated rings. The molecule has 1 aromatic carbocycles. The van der Waals surface area contributed by atoms with Crippen molar-refractivity contribution in [2.45, 2.75) is 51.9 Å². The number of nitrogens with one attached hydrogen (secondary N) is 1. The van der Waals surface area contributed by atoms with E-state index in [1.54, 1.807) is 11.8 Å². The maximum atomic E-state index is 12.1. The molecule has 0 saturated heterocycles. The van der Waals surface area contributed by atoms with Crippen LogP contribution in [0.15, 0.2) is 34.9 Å². The largest absolute Gasteiger partial charge is 0.320 e. The van der Waals surface area contributed by atoms with E-state index in [4.69, 9.17) is 0 Å². The van der Waals surface area contributed by atoms with Crippen LogP contribution in [0.2, 0.25) is 0 Å². The number of aryl methyl sites for hydroxylation is 1. The lowest BCUT2D eigenvalue weighted by Crippen LogP contribution is -2.31. The lowest BCUT2D eigenvalue weighted by Gasteiger charge is -2.26. The molecule has 1 unspecified atom stereocenters. The molecule has 1 aliphatic heterocycles. The number of rotatable bonds is 7. The number of carbonyl (C=O) groups excluding carboxylic acids is 1. The normalized spacial score (nSPS) is 17.8. The Morgan fingerprint density at radius 3 is 2.78 bits per heavy atom. The maximum Gasteiger partial charge on any atom is 0.225 e. The van der Waals surface area contributed by atoms with Crippen molar-refractivity contribution in [1.29, 1.82) is 5.26 Å². The molecule has 1 amide bonds. The second-order valence-corrected chi connectivity index (χ2v) is 7.03. The van der Waals surface area contributed by atoms with E-state index >= 15 is 0 Å². The third-order valence-corrected chi connectivity index (χ3v) is 5.27. The van der Waals surface area contributed by atoms with Gasteiger partial charge in [-0.05, 0) is 30.2 Å². The summed E-state index contributed by atoms with van der Waals surface area (Å²) in [5.74, 6) is 0.836. The summed E-state index contributed by atoms with van der Waals surface area (Å²) in [6.45, 7) is 4.23. The van der Waals surface area contributed by atoms with Crippen molar-refractivity contribution in [1.82, 2.24) is 5.32 Å². The molecule has 122 valence electrons. The molecule has 1 aromatic rings. The van der Waals surface area contributed by atoms with Crippen molar-refractivity contribution >= 4 is 17.7 Å². The lowest BCUT2D eigenvalue weighted by atomic mass is 9.85. The van der Waals surface area contributed by atoms with E-state index in [-0.39, 0.29) is 11.8 Å². The third-order valence-electron chi connectivity index (χ3n) is 4.16. The molecule has 0 aliphatic carbocycles. The van der Waals surface area contributed by atoms with Crippen LogP contribution >= 0.6 is 11.8 Å². The van der Waals surface area contributed by atoms with Crippen molar-refractivity contribution in [3.05, 3.63) is 46.0 Å². The number of hydrogen-bond donors (Lipinski definition) is 1. The van der Waals surface area contributed by atoms with Crippen LogP contribution in [-0.4, -0.2) is 11.7 Å². The molecule has 4 heteroatoms. The van der Waals surface area contributed by atoms with E-state index in [0.29, 0.717) is 12.0 Å². The predicted octanol–water partition coefficient (Wildman–Crippen LogP) is 4.65. The quantitative estimate of drug-likeness (QED) is 0.741. The van der Waals surface area contributed by atoms with E-state index in [1.165, 1.54) is 19.3 Å². The molecule has 1 atom stereocenters. The first-order valence-corrected chi connectivity index (χ1v) is 9.28. The molecule has 0 radical (unpaired) electrons. The van der Waals surface area contributed by atoms with Crippen LogP contribution in [0.5, 0.6) is 0 Å². The highest BCUT2D eigenvalue weighted by atomic mass is 32.2. The molecular weight excluding hydrogens is 304 g/mol. The first-order valence-electron chi connectivity index (χ1n) is 8.29. The topological polar surface area (TPSA) is 52.9 Å². The minimum absolute atomic E-state index is 0.00770. The Bertz CT molecular complexity index is 631. The van der Waals surface area contributed by atoms with Gasteiger partial charge >= 0.3 is 0 Å². The van der Waals surface area contributed by atoms with Crippen molar-refractivity contribution in [2.75, 3.05) is 5.75 Å². The van der Waals surface area contributed by atoms with Crippen LogP contribution < -0.4 is 5.32 Å². The van der Waals surface area contributed by atoms with Gasteiger partial charge in [0.25, 0.3) is 0 Å². The summed E-state index contributed by atoms with van der Waals surface area (Å²) >= 11 is 1.61. The average Bonchev–Trinajstić information content (AvgIpc) is 2.54. The Hall–Kier alpha value is -1.73. The van der Waals surface area contributed by atoms with Gasteiger partial charge in [-0.25, -0.2) is 0 Å². The standard InChI is InChI=1S/C19H24N2OS/c1-3-4-5-8-11-23-19-17(13-20)16(12-18(22)21-19)15-10-7-6-9-14(15)2/h6-7,9-10,16H,3-5,8,11-12H2,1-2H3,(H,21,22). The Morgan fingerprint density at radius 1 is 1.30 bits per heavy atom. The average molecular weight is 328 g/mol. The van der Waals surface area contributed by atoms with Gasteiger partial charge < -0.3 is 5.32 Å². The zero-order valence-electron chi connectivity index (χ0n) is 13.9. The Balaban J connectivity index is 2.19. The second kappa shape index (κ2) is 8.79. The summed E-state index contributed by atoms with van der Waals surface area (Å²) in [5.41, 5.74) is 2.93. The summed E-state index contributed by atoms with van der Waals surface area (Å²) in [5, 5.41) is 13.3. The van der Waals surface area contributed by atoms with Crippen molar-refractivity contribution in [2.24, 2.45) is 0 Å². The van der Waals surface area contributed by atoms with Gasteiger partial charge in [-0.3, -0.25) is 4.79 Å². The highest BCUT2D eigenvalue weighted by molar-refractivity contribution is 8.03. The molecule has 1 heterocycles. The third kappa shape index (κ3) is 4.62. The van der Waals surface area contributed by atoms with Gasteiger partial charge in [-0.2, -0.15) is 5.26 Å². The SMILES string of the molecule is CCCCCCSC1=C(C#N)C(c2ccccc2C)CC(=O)N1. The molecule has 1 aliphatic rings. The van der Waals surface area contributed by atoms with Crippen LogP contribution in [0.1, 0.15) is 56.1 Å². The Labute approximate surface area is 143 Å². The molecule has 3 nitrogen and oxygen atoms in total. The predicted molar refractivity (Wildman–Crippen MR) is 95.9 cm³/mol. The van der Waals surface area contributed by atoms with Crippen LogP contribution in [-0.2, 0) is 4.79 Å². The lowest BCUT2D eigenvalue weighted by molar-refractivity contribution is -0.120. The zero-order valence-corrected chi connectivity index (χ0v) is 14.7. The molecule has 0 aromatic heterocycles. The van der Waals surface area contributed by atoms with E-state index in [9.17, 15) is 10.1 Å². The fraction of sp³-hybridized carbons (Fsp3) is 0.474. The first kappa shape index (κ1) is 17.6. The minimum Gasteiger partial charge on any atom is -0.320 e. The summed E-state index contributed by atoms with van der Waals surface area (Å²) < 4.78 is 0. The maximum absolute atomic E-state index is 12.1. The molecule has 0 bridgehead atoms. The van der Waals surface area contributed by atoms with E-state index in [0.717, 1.165) is 28.3 Å². The highest BCUT2D eigenvalue weighted by Crippen LogP contribution is 2.37. The van der Waals surface area contributed by atoms with Crippen molar-refractivity contribution in [3.8, 4) is 6.07 Å². The second-order valence-electron chi connectivity index (χ2n) is 5.93. The molecule has 2 rings (SSSR count). The number of nitrogens with zero attached hydrogens (tertiary/aromatic N) is 1. The number of nitriles is 1. The summed E-state index contributed by atoms with van der Waals surface area (Å²) in [4.78, 5) is 12.1. The van der Waals surface area contributed by atoms with E-state index in [1.807, 2.05) is 31.2 Å². The van der Waals surface area contributed by atoms with Gasteiger partial charge in [0.2, 0.25) is 5.91 Å². The van der Waals surface area contributed by atoms with E-state index in [2.05, 4.69) is 18.3 Å². The zero-order chi connectivity index (χ0) is 16.7.